The summed E-state index contributed by atoms with van der Waals surface area (Å²) in [5.74, 6) is -4.89. The molecule has 0 aromatic carbocycles. The first kappa shape index (κ1) is 16.3. The van der Waals surface area contributed by atoms with Crippen LogP contribution < -0.4 is 0 Å². The maximum absolute atomic E-state index is 12.2. The van der Waals surface area contributed by atoms with Gasteiger partial charge in [-0.3, -0.25) is 4.79 Å². The summed E-state index contributed by atoms with van der Waals surface area (Å²) in [6.07, 6.45) is 0. The van der Waals surface area contributed by atoms with E-state index in [4.69, 9.17) is 55.9 Å². The summed E-state index contributed by atoms with van der Waals surface area (Å²) in [6.45, 7) is 0. The molecule has 1 heterocycles. The normalized spacial score (nSPS) is 47.1. The number of esters is 2. The van der Waals surface area contributed by atoms with Gasteiger partial charge in [-0.05, 0) is 0 Å². The molecule has 0 N–H and O–H groups in total. The number of ether oxygens (including phenoxy) is 3. The fourth-order valence-corrected chi connectivity index (χ4v) is 7.00. The van der Waals surface area contributed by atoms with E-state index in [0.29, 0.717) is 0 Å². The summed E-state index contributed by atoms with van der Waals surface area (Å²) in [5, 5.41) is -0.249. The molecule has 1 saturated heterocycles. The number of carbonyl (C=O) groups excluding carboxylic acids is 2. The molecule has 0 aromatic rings. The number of carbonyl (C=O) groups is 2. The topological polar surface area (TPSA) is 61.8 Å². The van der Waals surface area contributed by atoms with Gasteiger partial charge in [0.2, 0.25) is 5.79 Å². The molecule has 1 aliphatic heterocycles. The zero-order chi connectivity index (χ0) is 16.0. The Kier molecular flexibility index (Phi) is 3.33. The van der Waals surface area contributed by atoms with Crippen LogP contribution in [0.1, 0.15) is 0 Å². The Bertz CT molecular complexity index is 620. The maximum atomic E-state index is 12.2. The number of cyclic esters (lactones) is 2. The van der Waals surface area contributed by atoms with Gasteiger partial charge in [-0.15, -0.1) is 23.2 Å². The Balaban J connectivity index is 2.46. The van der Waals surface area contributed by atoms with Gasteiger partial charge in [0, 0.05) is 14.2 Å². The van der Waals surface area contributed by atoms with Gasteiger partial charge in [0.15, 0.2) is 14.1 Å². The molecule has 0 radical (unpaired) electrons. The quantitative estimate of drug-likeness (QED) is 0.286. The number of hydrogen-bond donors (Lipinski definition) is 0. The molecular weight excluding hydrogens is 434 g/mol. The Morgan fingerprint density at radius 3 is 2.14 bits per heavy atom. The highest BCUT2D eigenvalue weighted by molar-refractivity contribution is 9.10. The number of fused-ring (bicyclic) bond motifs is 5. The van der Waals surface area contributed by atoms with Crippen molar-refractivity contribution in [2.24, 2.45) is 5.92 Å². The lowest BCUT2D eigenvalue weighted by atomic mass is 9.83. The van der Waals surface area contributed by atoms with Crippen LogP contribution in [-0.4, -0.2) is 46.0 Å². The fraction of sp³-hybridized carbons (Fsp3) is 0.636. The minimum Gasteiger partial charge on any atom is -0.392 e. The summed E-state index contributed by atoms with van der Waals surface area (Å²) < 4.78 is 13.7. The summed E-state index contributed by atoms with van der Waals surface area (Å²) in [4.78, 5) is 20.7. The van der Waals surface area contributed by atoms with Gasteiger partial charge in [-0.1, -0.05) is 39.1 Å². The first-order valence-corrected chi connectivity index (χ1v) is 7.91. The van der Waals surface area contributed by atoms with Crippen molar-refractivity contribution in [1.82, 2.24) is 0 Å². The van der Waals surface area contributed by atoms with E-state index in [9.17, 15) is 9.59 Å². The number of hydrogen-bond acceptors (Lipinski definition) is 5. The van der Waals surface area contributed by atoms with Crippen molar-refractivity contribution in [1.29, 1.82) is 0 Å². The molecule has 3 rings (SSSR count). The van der Waals surface area contributed by atoms with Gasteiger partial charge in [-0.25, -0.2) is 4.79 Å². The maximum Gasteiger partial charge on any atom is 0.333 e. The van der Waals surface area contributed by atoms with E-state index in [1.165, 1.54) is 14.2 Å². The van der Waals surface area contributed by atoms with Crippen LogP contribution in [-0.2, 0) is 23.8 Å². The van der Waals surface area contributed by atoms with Crippen molar-refractivity contribution in [2.45, 2.75) is 19.9 Å². The second-order valence-corrected chi connectivity index (χ2v) is 8.05. The van der Waals surface area contributed by atoms with E-state index < -0.39 is 37.7 Å². The smallest absolute Gasteiger partial charge is 0.333 e. The Labute approximate surface area is 147 Å². The van der Waals surface area contributed by atoms with Crippen molar-refractivity contribution >= 4 is 74.3 Å². The van der Waals surface area contributed by atoms with Crippen LogP contribution in [0.2, 0.25) is 0 Å². The minimum atomic E-state index is -1.86. The lowest BCUT2D eigenvalue weighted by Crippen LogP contribution is -2.61. The molecule has 0 aromatic heterocycles. The zero-order valence-electron chi connectivity index (χ0n) is 10.5. The highest BCUT2D eigenvalue weighted by atomic mass is 79.9. The van der Waals surface area contributed by atoms with Gasteiger partial charge in [0.05, 0.1) is 10.1 Å². The number of methoxy groups -OCH3 is 2. The lowest BCUT2D eigenvalue weighted by Gasteiger charge is -2.42. The molecule has 2 fully saturated rings. The molecule has 1 saturated carbocycles. The summed E-state index contributed by atoms with van der Waals surface area (Å²) in [7, 11) is 2.54. The second-order valence-electron chi connectivity index (χ2n) is 4.88. The van der Waals surface area contributed by atoms with E-state index >= 15 is 0 Å². The van der Waals surface area contributed by atoms with Crippen molar-refractivity contribution in [3.63, 3.8) is 0 Å². The van der Waals surface area contributed by atoms with E-state index in [-0.39, 0.29) is 10.1 Å². The van der Waals surface area contributed by atoms with Gasteiger partial charge < -0.3 is 14.2 Å². The molecule has 4 atom stereocenters. The average molecular weight is 441 g/mol. The van der Waals surface area contributed by atoms with E-state index in [0.717, 1.165) is 0 Å². The lowest BCUT2D eigenvalue weighted by molar-refractivity contribution is -0.222. The van der Waals surface area contributed by atoms with E-state index in [2.05, 4.69) is 20.7 Å². The standard InChI is InChI=1S/C11H7BrCl4O5/c1-19-11(20-2)9(15)3-6(17)21-7(18)8(3,12)10(11,16)5(14)4(9)13/h3H,1-2H3/t3-,8+,9-,10-/m1/s1. The number of halogens is 5. The van der Waals surface area contributed by atoms with Gasteiger partial charge in [0.1, 0.15) is 5.92 Å². The molecule has 116 valence electrons. The van der Waals surface area contributed by atoms with E-state index in [1.54, 1.807) is 0 Å². The number of rotatable bonds is 2. The number of alkyl halides is 3. The molecule has 0 amide bonds. The molecule has 3 aliphatic rings. The predicted molar refractivity (Wildman–Crippen MR) is 78.9 cm³/mol. The summed E-state index contributed by atoms with van der Waals surface area (Å²) >= 11 is 28.9. The Morgan fingerprint density at radius 1 is 1.14 bits per heavy atom. The Morgan fingerprint density at radius 2 is 1.67 bits per heavy atom. The predicted octanol–water partition coefficient (Wildman–Crippen LogP) is 2.48. The minimum absolute atomic E-state index is 0.115. The van der Waals surface area contributed by atoms with E-state index in [1.807, 2.05) is 0 Å². The molecule has 2 bridgehead atoms. The third-order valence-electron chi connectivity index (χ3n) is 4.34. The average Bonchev–Trinajstić information content (AvgIpc) is 2.81. The van der Waals surface area contributed by atoms with Gasteiger partial charge in [-0.2, -0.15) is 0 Å². The van der Waals surface area contributed by atoms with Crippen LogP contribution in [0.25, 0.3) is 0 Å². The molecular formula is C11H7BrCl4O5. The van der Waals surface area contributed by atoms with Crippen LogP contribution in [0.5, 0.6) is 0 Å². The SMILES string of the molecule is COC1(OC)[C@]2(Cl)C(Cl)=C(Cl)[C@@]1(Cl)[C@@]1(Br)C(=O)OC(=O)[C@H]12. The van der Waals surface area contributed by atoms with Gasteiger partial charge >= 0.3 is 11.9 Å². The van der Waals surface area contributed by atoms with Crippen molar-refractivity contribution in [3.05, 3.63) is 10.1 Å². The Hall–Kier alpha value is 0.440. The zero-order valence-corrected chi connectivity index (χ0v) is 15.1. The van der Waals surface area contributed by atoms with Crippen LogP contribution in [0.4, 0.5) is 0 Å². The molecule has 10 heteroatoms. The fourth-order valence-electron chi connectivity index (χ4n) is 3.51. The molecule has 2 aliphatic carbocycles. The van der Waals surface area contributed by atoms with Crippen LogP contribution in [0, 0.1) is 5.92 Å². The van der Waals surface area contributed by atoms with Crippen LogP contribution >= 0.6 is 62.3 Å². The molecule has 21 heavy (non-hydrogen) atoms. The second kappa shape index (κ2) is 4.29. The largest absolute Gasteiger partial charge is 0.392 e. The third-order valence-corrected chi connectivity index (χ3v) is 8.59. The first-order chi connectivity index (χ1) is 9.61. The molecule has 0 spiro atoms. The van der Waals surface area contributed by atoms with Gasteiger partial charge in [0.25, 0.3) is 0 Å². The van der Waals surface area contributed by atoms with Crippen molar-refractivity contribution < 1.29 is 23.8 Å². The first-order valence-electron chi connectivity index (χ1n) is 5.60. The monoisotopic (exact) mass is 438 g/mol. The molecule has 5 nitrogen and oxygen atoms in total. The summed E-state index contributed by atoms with van der Waals surface area (Å²) in [6, 6.07) is 0. The van der Waals surface area contributed by atoms with Crippen LogP contribution in [0.15, 0.2) is 10.1 Å². The van der Waals surface area contributed by atoms with Crippen molar-refractivity contribution in [2.75, 3.05) is 14.2 Å². The van der Waals surface area contributed by atoms with Crippen LogP contribution in [0.3, 0.4) is 0 Å². The third kappa shape index (κ3) is 1.22. The highest BCUT2D eigenvalue weighted by Gasteiger charge is 2.95. The highest BCUT2D eigenvalue weighted by Crippen LogP contribution is 2.78. The molecule has 0 unspecified atom stereocenters. The van der Waals surface area contributed by atoms with Crippen molar-refractivity contribution in [3.8, 4) is 0 Å². The summed E-state index contributed by atoms with van der Waals surface area (Å²) in [5.41, 5.74) is 0.